The van der Waals surface area contributed by atoms with Gasteiger partial charge in [-0.15, -0.1) is 11.3 Å². The standard InChI is InChI=1S/C16H21FN2S/c1-11(10-13-6-5-9-20-13)19(3)16-14(12(2)18)7-4-8-15(16)17/h4-9,11-12H,10,18H2,1-3H3/t11?,12-/m0/s1. The topological polar surface area (TPSA) is 29.3 Å². The third kappa shape index (κ3) is 3.19. The van der Waals surface area contributed by atoms with Crippen molar-refractivity contribution in [3.05, 3.63) is 52.0 Å². The predicted molar refractivity (Wildman–Crippen MR) is 84.9 cm³/mol. The van der Waals surface area contributed by atoms with Crippen molar-refractivity contribution in [2.45, 2.75) is 32.4 Å². The highest BCUT2D eigenvalue weighted by atomic mass is 32.1. The van der Waals surface area contributed by atoms with Gasteiger partial charge in [0, 0.05) is 30.4 Å². The van der Waals surface area contributed by atoms with Crippen LogP contribution in [0.5, 0.6) is 0 Å². The number of hydrogen-bond donors (Lipinski definition) is 1. The second-order valence-corrected chi connectivity index (χ2v) is 6.24. The molecule has 2 aromatic rings. The molecule has 4 heteroatoms. The van der Waals surface area contributed by atoms with Crippen LogP contribution >= 0.6 is 11.3 Å². The van der Waals surface area contributed by atoms with Gasteiger partial charge < -0.3 is 10.6 Å². The molecule has 2 atom stereocenters. The van der Waals surface area contributed by atoms with Gasteiger partial charge in [0.1, 0.15) is 5.82 Å². The Morgan fingerprint density at radius 1 is 1.25 bits per heavy atom. The Bertz CT molecular complexity index is 552. The predicted octanol–water partition coefficient (Wildman–Crippen LogP) is 3.97. The molecule has 108 valence electrons. The average Bonchev–Trinajstić information content (AvgIpc) is 2.90. The monoisotopic (exact) mass is 292 g/mol. The van der Waals surface area contributed by atoms with E-state index in [1.54, 1.807) is 17.4 Å². The summed E-state index contributed by atoms with van der Waals surface area (Å²) in [5, 5.41) is 2.07. The van der Waals surface area contributed by atoms with Gasteiger partial charge in [-0.3, -0.25) is 0 Å². The van der Waals surface area contributed by atoms with E-state index in [2.05, 4.69) is 18.4 Å². The molecule has 1 heterocycles. The molecule has 0 spiro atoms. The fourth-order valence-corrected chi connectivity index (χ4v) is 3.18. The SMILES string of the molecule is CC(Cc1cccs1)N(C)c1c(F)cccc1[C@H](C)N. The van der Waals surface area contributed by atoms with Gasteiger partial charge in [-0.1, -0.05) is 18.2 Å². The quantitative estimate of drug-likeness (QED) is 0.903. The number of likely N-dealkylation sites (N-methyl/N-ethyl adjacent to an activating group) is 1. The molecule has 20 heavy (non-hydrogen) atoms. The van der Waals surface area contributed by atoms with Crippen LogP contribution in [0.25, 0.3) is 0 Å². The summed E-state index contributed by atoms with van der Waals surface area (Å²) in [6, 6.07) is 9.30. The molecule has 0 saturated carbocycles. The lowest BCUT2D eigenvalue weighted by atomic mass is 10.0. The fourth-order valence-electron chi connectivity index (χ4n) is 2.35. The van der Waals surface area contributed by atoms with Gasteiger partial charge in [0.05, 0.1) is 5.69 Å². The fraction of sp³-hybridized carbons (Fsp3) is 0.375. The Kier molecular flexibility index (Phi) is 4.78. The zero-order valence-electron chi connectivity index (χ0n) is 12.1. The average molecular weight is 292 g/mol. The first kappa shape index (κ1) is 15.0. The third-order valence-corrected chi connectivity index (χ3v) is 4.50. The Morgan fingerprint density at radius 3 is 2.60 bits per heavy atom. The Labute approximate surface area is 124 Å². The van der Waals surface area contributed by atoms with Gasteiger partial charge in [-0.2, -0.15) is 0 Å². The van der Waals surface area contributed by atoms with E-state index in [1.165, 1.54) is 10.9 Å². The molecule has 2 N–H and O–H groups in total. The highest BCUT2D eigenvalue weighted by Gasteiger charge is 2.19. The molecule has 0 aliphatic carbocycles. The van der Waals surface area contributed by atoms with Crippen molar-refractivity contribution in [1.29, 1.82) is 0 Å². The van der Waals surface area contributed by atoms with Crippen molar-refractivity contribution >= 4 is 17.0 Å². The van der Waals surface area contributed by atoms with E-state index in [1.807, 2.05) is 31.0 Å². The first-order valence-corrected chi connectivity index (χ1v) is 7.68. The number of thiophene rings is 1. The minimum atomic E-state index is -0.208. The van der Waals surface area contributed by atoms with Crippen molar-refractivity contribution < 1.29 is 4.39 Å². The van der Waals surface area contributed by atoms with Crippen molar-refractivity contribution in [3.63, 3.8) is 0 Å². The van der Waals surface area contributed by atoms with Crippen LogP contribution in [0.15, 0.2) is 35.7 Å². The number of nitrogens with zero attached hydrogens (tertiary/aromatic N) is 1. The highest BCUT2D eigenvalue weighted by Crippen LogP contribution is 2.29. The number of anilines is 1. The molecule has 0 saturated heterocycles. The van der Waals surface area contributed by atoms with E-state index in [0.717, 1.165) is 12.0 Å². The summed E-state index contributed by atoms with van der Waals surface area (Å²) in [6.07, 6.45) is 0.904. The largest absolute Gasteiger partial charge is 0.369 e. The molecule has 0 fully saturated rings. The molecular formula is C16H21FN2S. The van der Waals surface area contributed by atoms with Crippen molar-refractivity contribution in [1.82, 2.24) is 0 Å². The minimum absolute atomic E-state index is 0.183. The smallest absolute Gasteiger partial charge is 0.146 e. The van der Waals surface area contributed by atoms with Gasteiger partial charge >= 0.3 is 0 Å². The van der Waals surface area contributed by atoms with E-state index in [0.29, 0.717) is 5.69 Å². The third-order valence-electron chi connectivity index (χ3n) is 3.60. The molecule has 1 unspecified atom stereocenters. The number of halogens is 1. The van der Waals surface area contributed by atoms with Crippen LogP contribution in [0.2, 0.25) is 0 Å². The van der Waals surface area contributed by atoms with Crippen LogP contribution < -0.4 is 10.6 Å². The van der Waals surface area contributed by atoms with Gasteiger partial charge in [-0.05, 0) is 36.9 Å². The van der Waals surface area contributed by atoms with Crippen LogP contribution in [0.3, 0.4) is 0 Å². The summed E-state index contributed by atoms with van der Waals surface area (Å²) in [5.41, 5.74) is 7.44. The van der Waals surface area contributed by atoms with Gasteiger partial charge in [0.15, 0.2) is 0 Å². The second kappa shape index (κ2) is 6.37. The van der Waals surface area contributed by atoms with Crippen molar-refractivity contribution in [2.24, 2.45) is 5.73 Å². The van der Waals surface area contributed by atoms with Crippen molar-refractivity contribution in [2.75, 3.05) is 11.9 Å². The van der Waals surface area contributed by atoms with Gasteiger partial charge in [0.2, 0.25) is 0 Å². The number of rotatable bonds is 5. The van der Waals surface area contributed by atoms with Crippen LogP contribution in [0.1, 0.15) is 30.3 Å². The molecule has 0 bridgehead atoms. The van der Waals surface area contributed by atoms with E-state index in [4.69, 9.17) is 5.73 Å². The minimum Gasteiger partial charge on any atom is -0.369 e. The lowest BCUT2D eigenvalue weighted by Crippen LogP contribution is -2.32. The van der Waals surface area contributed by atoms with Crippen LogP contribution in [0.4, 0.5) is 10.1 Å². The van der Waals surface area contributed by atoms with Crippen LogP contribution in [-0.4, -0.2) is 13.1 Å². The first-order chi connectivity index (χ1) is 9.50. The molecule has 2 rings (SSSR count). The Hall–Kier alpha value is -1.39. The van der Waals surface area contributed by atoms with E-state index in [9.17, 15) is 4.39 Å². The molecule has 0 radical (unpaired) electrons. The summed E-state index contributed by atoms with van der Waals surface area (Å²) < 4.78 is 14.2. The molecule has 0 aliphatic heterocycles. The number of hydrogen-bond acceptors (Lipinski definition) is 3. The highest BCUT2D eigenvalue weighted by molar-refractivity contribution is 7.09. The van der Waals surface area contributed by atoms with E-state index < -0.39 is 0 Å². The maximum atomic E-state index is 14.2. The van der Waals surface area contributed by atoms with E-state index in [-0.39, 0.29) is 17.9 Å². The Morgan fingerprint density at radius 2 is 2.00 bits per heavy atom. The molecule has 0 aliphatic rings. The summed E-state index contributed by atoms with van der Waals surface area (Å²) >= 11 is 1.73. The van der Waals surface area contributed by atoms with Crippen LogP contribution in [0, 0.1) is 5.82 Å². The number of para-hydroxylation sites is 1. The maximum Gasteiger partial charge on any atom is 0.146 e. The zero-order chi connectivity index (χ0) is 14.7. The van der Waals surface area contributed by atoms with Crippen LogP contribution in [-0.2, 0) is 6.42 Å². The molecule has 2 nitrogen and oxygen atoms in total. The summed E-state index contributed by atoms with van der Waals surface area (Å²) in [7, 11) is 1.93. The lowest BCUT2D eigenvalue weighted by Gasteiger charge is -2.30. The summed E-state index contributed by atoms with van der Waals surface area (Å²) in [6.45, 7) is 3.99. The van der Waals surface area contributed by atoms with Crippen molar-refractivity contribution in [3.8, 4) is 0 Å². The second-order valence-electron chi connectivity index (χ2n) is 5.21. The summed E-state index contributed by atoms with van der Waals surface area (Å²) in [4.78, 5) is 3.30. The molecule has 1 aromatic carbocycles. The number of nitrogens with two attached hydrogens (primary N) is 1. The molecule has 0 amide bonds. The lowest BCUT2D eigenvalue weighted by molar-refractivity contribution is 0.597. The molecule has 1 aromatic heterocycles. The molecular weight excluding hydrogens is 271 g/mol. The first-order valence-electron chi connectivity index (χ1n) is 6.80. The summed E-state index contributed by atoms with van der Waals surface area (Å²) in [5.74, 6) is -0.208. The van der Waals surface area contributed by atoms with Gasteiger partial charge in [0.25, 0.3) is 0 Å². The van der Waals surface area contributed by atoms with E-state index >= 15 is 0 Å². The number of benzene rings is 1. The Balaban J connectivity index is 2.26. The van der Waals surface area contributed by atoms with Gasteiger partial charge in [-0.25, -0.2) is 4.39 Å². The normalized spacial score (nSPS) is 14.1. The zero-order valence-corrected chi connectivity index (χ0v) is 13.0. The maximum absolute atomic E-state index is 14.2.